The quantitative estimate of drug-likeness (QED) is 0.644. The zero-order valence-corrected chi connectivity index (χ0v) is 8.78. The molecule has 0 fully saturated rings. The molecular weight excluding hydrogens is 202 g/mol. The number of nitrogens with one attached hydrogen (secondary N) is 1. The Labute approximate surface area is 78.3 Å². The van der Waals surface area contributed by atoms with E-state index in [4.69, 9.17) is 16.3 Å². The van der Waals surface area contributed by atoms with Gasteiger partial charge in [-0.25, -0.2) is 13.1 Å². The van der Waals surface area contributed by atoms with Gasteiger partial charge >= 0.3 is 0 Å². The first-order chi connectivity index (χ1) is 5.55. The minimum absolute atomic E-state index is 0.0596. The van der Waals surface area contributed by atoms with E-state index in [9.17, 15) is 8.42 Å². The second-order valence-corrected chi connectivity index (χ2v) is 4.68. The van der Waals surface area contributed by atoms with Crippen molar-refractivity contribution in [1.82, 2.24) is 4.72 Å². The molecule has 74 valence electrons. The molecule has 0 aromatic rings. The average Bonchev–Trinajstić information content (AvgIpc) is 2.03. The van der Waals surface area contributed by atoms with E-state index in [0.717, 1.165) is 0 Å². The zero-order chi connectivity index (χ0) is 9.61. The fraction of sp³-hybridized carbons (Fsp3) is 1.00. The Morgan fingerprint density at radius 3 is 2.50 bits per heavy atom. The molecule has 0 bridgehead atoms. The predicted octanol–water partition coefficient (Wildman–Crippen LogP) is 0.179. The summed E-state index contributed by atoms with van der Waals surface area (Å²) in [6.07, 6.45) is 0. The van der Waals surface area contributed by atoms with Gasteiger partial charge in [0.05, 0.1) is 18.4 Å². The third kappa shape index (κ3) is 4.92. The van der Waals surface area contributed by atoms with Crippen LogP contribution >= 0.6 is 11.6 Å². The van der Waals surface area contributed by atoms with Gasteiger partial charge in [0.2, 0.25) is 10.0 Å². The maximum atomic E-state index is 11.0. The number of methoxy groups -OCH3 is 1. The van der Waals surface area contributed by atoms with Crippen LogP contribution in [-0.2, 0) is 14.8 Å². The molecule has 4 nitrogen and oxygen atoms in total. The Balaban J connectivity index is 4.02. The van der Waals surface area contributed by atoms with Gasteiger partial charge in [0.1, 0.15) is 0 Å². The molecule has 6 heteroatoms. The lowest BCUT2D eigenvalue weighted by molar-refractivity contribution is 0.181. The maximum absolute atomic E-state index is 11.0. The molecule has 0 aromatic carbocycles. The van der Waals surface area contributed by atoms with Gasteiger partial charge in [-0.1, -0.05) is 0 Å². The molecule has 0 saturated carbocycles. The van der Waals surface area contributed by atoms with E-state index in [2.05, 4.69) is 4.72 Å². The third-order valence-electron chi connectivity index (χ3n) is 1.28. The number of hydrogen-bond acceptors (Lipinski definition) is 3. The number of ether oxygens (including phenoxy) is 1. The molecule has 0 rings (SSSR count). The molecule has 0 radical (unpaired) electrons. The van der Waals surface area contributed by atoms with Gasteiger partial charge in [-0.05, 0) is 6.92 Å². The Kier molecular flexibility index (Phi) is 5.82. The second-order valence-electron chi connectivity index (χ2n) is 2.33. The largest absolute Gasteiger partial charge is 0.383 e. The van der Waals surface area contributed by atoms with E-state index in [0.29, 0.717) is 6.61 Å². The molecule has 0 aromatic heterocycles. The number of rotatable bonds is 6. The monoisotopic (exact) mass is 215 g/mol. The Bertz CT molecular complexity index is 205. The van der Waals surface area contributed by atoms with Gasteiger partial charge in [0.25, 0.3) is 0 Å². The third-order valence-corrected chi connectivity index (χ3v) is 3.11. The van der Waals surface area contributed by atoms with Crippen molar-refractivity contribution in [2.45, 2.75) is 13.0 Å². The predicted molar refractivity (Wildman–Crippen MR) is 49.0 cm³/mol. The summed E-state index contributed by atoms with van der Waals surface area (Å²) in [7, 11) is -1.67. The Hall–Kier alpha value is 0.160. The summed E-state index contributed by atoms with van der Waals surface area (Å²) >= 11 is 5.50. The van der Waals surface area contributed by atoms with E-state index < -0.39 is 10.0 Å². The standard InChI is InChI=1S/C6H14ClNO3S/c1-3-12(9,10)8-6(4-7)5-11-2/h6,8H,3-5H2,1-2H3. The van der Waals surface area contributed by atoms with Gasteiger partial charge in [0, 0.05) is 13.0 Å². The van der Waals surface area contributed by atoms with Crippen molar-refractivity contribution >= 4 is 21.6 Å². The molecule has 1 unspecified atom stereocenters. The summed E-state index contributed by atoms with van der Waals surface area (Å²) in [6, 6.07) is -0.332. The van der Waals surface area contributed by atoms with Crippen LogP contribution in [0.1, 0.15) is 6.92 Å². The molecule has 1 N–H and O–H groups in total. The smallest absolute Gasteiger partial charge is 0.211 e. The topological polar surface area (TPSA) is 55.4 Å². The average molecular weight is 216 g/mol. The summed E-state index contributed by atoms with van der Waals surface area (Å²) in [5, 5.41) is 0. The second kappa shape index (κ2) is 5.75. The lowest BCUT2D eigenvalue weighted by Crippen LogP contribution is -2.40. The van der Waals surface area contributed by atoms with Gasteiger partial charge in [-0.3, -0.25) is 0 Å². The minimum atomic E-state index is -3.17. The van der Waals surface area contributed by atoms with E-state index in [-0.39, 0.29) is 17.7 Å². The van der Waals surface area contributed by atoms with Crippen LogP contribution < -0.4 is 4.72 Å². The number of halogens is 1. The first kappa shape index (κ1) is 12.2. The first-order valence-corrected chi connectivity index (χ1v) is 5.79. The summed E-state index contributed by atoms with van der Waals surface area (Å²) in [6.45, 7) is 1.86. The summed E-state index contributed by atoms with van der Waals surface area (Å²) in [5.74, 6) is 0.275. The molecule has 0 spiro atoms. The van der Waals surface area contributed by atoms with E-state index >= 15 is 0 Å². The highest BCUT2D eigenvalue weighted by Crippen LogP contribution is 1.93. The molecule has 0 aliphatic rings. The Morgan fingerprint density at radius 1 is 1.58 bits per heavy atom. The van der Waals surface area contributed by atoms with Crippen molar-refractivity contribution < 1.29 is 13.2 Å². The van der Waals surface area contributed by atoms with Crippen molar-refractivity contribution in [2.75, 3.05) is 25.3 Å². The summed E-state index contributed by atoms with van der Waals surface area (Å²) in [4.78, 5) is 0. The number of alkyl halides is 1. The highest BCUT2D eigenvalue weighted by molar-refractivity contribution is 7.89. The van der Waals surface area contributed by atoms with Crippen LogP contribution in [0.4, 0.5) is 0 Å². The summed E-state index contributed by atoms with van der Waals surface area (Å²) in [5.41, 5.74) is 0. The molecule has 0 saturated heterocycles. The maximum Gasteiger partial charge on any atom is 0.211 e. The molecular formula is C6H14ClNO3S. The fourth-order valence-electron chi connectivity index (χ4n) is 0.649. The van der Waals surface area contributed by atoms with Crippen molar-refractivity contribution in [1.29, 1.82) is 0 Å². The van der Waals surface area contributed by atoms with Crippen LogP contribution in [0.25, 0.3) is 0 Å². The normalized spacial score (nSPS) is 14.6. The van der Waals surface area contributed by atoms with Crippen LogP contribution in [0.2, 0.25) is 0 Å². The van der Waals surface area contributed by atoms with Crippen molar-refractivity contribution in [3.8, 4) is 0 Å². The lowest BCUT2D eigenvalue weighted by Gasteiger charge is -2.13. The zero-order valence-electron chi connectivity index (χ0n) is 7.21. The highest BCUT2D eigenvalue weighted by atomic mass is 35.5. The van der Waals surface area contributed by atoms with Crippen LogP contribution in [0.5, 0.6) is 0 Å². The summed E-state index contributed by atoms with van der Waals surface area (Å²) < 4.78 is 29.2. The molecule has 1 atom stereocenters. The molecule has 0 heterocycles. The van der Waals surface area contributed by atoms with Gasteiger partial charge in [0.15, 0.2) is 0 Å². The van der Waals surface area contributed by atoms with Gasteiger partial charge < -0.3 is 4.74 Å². The fourth-order valence-corrected chi connectivity index (χ4v) is 1.73. The number of sulfonamides is 1. The minimum Gasteiger partial charge on any atom is -0.383 e. The van der Waals surface area contributed by atoms with Crippen LogP contribution in [-0.4, -0.2) is 39.8 Å². The van der Waals surface area contributed by atoms with Gasteiger partial charge in [-0.2, -0.15) is 0 Å². The SMILES string of the molecule is CCS(=O)(=O)NC(CCl)COC. The van der Waals surface area contributed by atoms with Crippen LogP contribution in [0.15, 0.2) is 0 Å². The van der Waals surface area contributed by atoms with Gasteiger partial charge in [-0.15, -0.1) is 11.6 Å². The van der Waals surface area contributed by atoms with Crippen LogP contribution in [0, 0.1) is 0 Å². The van der Waals surface area contributed by atoms with Crippen molar-refractivity contribution in [3.63, 3.8) is 0 Å². The molecule has 0 aliphatic heterocycles. The lowest BCUT2D eigenvalue weighted by atomic mass is 10.4. The Morgan fingerprint density at radius 2 is 2.17 bits per heavy atom. The number of hydrogen-bond donors (Lipinski definition) is 1. The molecule has 12 heavy (non-hydrogen) atoms. The van der Waals surface area contributed by atoms with E-state index in [1.54, 1.807) is 6.92 Å². The molecule has 0 amide bonds. The first-order valence-electron chi connectivity index (χ1n) is 3.60. The van der Waals surface area contributed by atoms with Crippen molar-refractivity contribution in [3.05, 3.63) is 0 Å². The van der Waals surface area contributed by atoms with E-state index in [1.807, 2.05) is 0 Å². The molecule has 0 aliphatic carbocycles. The van der Waals surface area contributed by atoms with E-state index in [1.165, 1.54) is 7.11 Å². The van der Waals surface area contributed by atoms with Crippen molar-refractivity contribution in [2.24, 2.45) is 0 Å². The van der Waals surface area contributed by atoms with Crippen LogP contribution in [0.3, 0.4) is 0 Å². The highest BCUT2D eigenvalue weighted by Gasteiger charge is 2.14.